The average Bonchev–Trinajstić information content (AvgIpc) is 2.50. The third-order valence-corrected chi connectivity index (χ3v) is 4.11. The number of piperazine rings is 2. The molecule has 0 N–H and O–H groups in total. The van der Waals surface area contributed by atoms with Gasteiger partial charge in [0, 0.05) is 52.4 Å². The molecule has 0 aromatic rings. The van der Waals surface area contributed by atoms with E-state index in [0.29, 0.717) is 39.3 Å². The van der Waals surface area contributed by atoms with Crippen molar-refractivity contribution in [2.75, 3.05) is 72.6 Å². The molecule has 0 aliphatic carbocycles. The van der Waals surface area contributed by atoms with E-state index in [1.807, 2.05) is 4.90 Å². The van der Waals surface area contributed by atoms with Crippen LogP contribution >= 0.6 is 0 Å². The van der Waals surface area contributed by atoms with Crippen LogP contribution in [0, 0.1) is 0 Å². The lowest BCUT2D eigenvalue weighted by Crippen LogP contribution is -2.54. The Bertz CT molecular complexity index is 361. The van der Waals surface area contributed by atoms with Crippen LogP contribution in [0.5, 0.6) is 0 Å². The van der Waals surface area contributed by atoms with Gasteiger partial charge in [0.2, 0.25) is 5.91 Å². The Hall–Kier alpha value is -1.34. The third kappa shape index (κ3) is 4.57. The van der Waals surface area contributed by atoms with Crippen molar-refractivity contribution in [1.29, 1.82) is 0 Å². The quantitative estimate of drug-likeness (QED) is 0.705. The summed E-state index contributed by atoms with van der Waals surface area (Å²) in [5.41, 5.74) is 0. The third-order valence-electron chi connectivity index (χ3n) is 4.11. The van der Waals surface area contributed by atoms with Crippen molar-refractivity contribution in [3.8, 4) is 0 Å². The topological polar surface area (TPSA) is 56.3 Å². The highest BCUT2D eigenvalue weighted by Crippen LogP contribution is 2.06. The van der Waals surface area contributed by atoms with E-state index in [0.717, 1.165) is 26.2 Å². The van der Waals surface area contributed by atoms with Crippen LogP contribution in [-0.2, 0) is 9.53 Å². The molecule has 120 valence electrons. The molecule has 0 bridgehead atoms. The van der Waals surface area contributed by atoms with E-state index in [-0.39, 0.29) is 12.0 Å². The van der Waals surface area contributed by atoms with E-state index in [4.69, 9.17) is 4.74 Å². The maximum atomic E-state index is 12.3. The van der Waals surface area contributed by atoms with Crippen molar-refractivity contribution in [3.05, 3.63) is 0 Å². The molecular weight excluding hydrogens is 272 g/mol. The molecule has 0 saturated carbocycles. The van der Waals surface area contributed by atoms with Crippen molar-refractivity contribution < 1.29 is 14.3 Å². The second-order valence-electron chi connectivity index (χ2n) is 5.65. The Kier molecular flexibility index (Phi) is 5.81. The molecule has 0 atom stereocenters. The Morgan fingerprint density at radius 2 is 1.48 bits per heavy atom. The summed E-state index contributed by atoms with van der Waals surface area (Å²) < 4.78 is 4.98. The van der Waals surface area contributed by atoms with E-state index in [1.54, 1.807) is 11.8 Å². The largest absolute Gasteiger partial charge is 0.450 e. The molecule has 0 aromatic heterocycles. The maximum absolute atomic E-state index is 12.3. The fourth-order valence-corrected chi connectivity index (χ4v) is 2.65. The highest BCUT2D eigenvalue weighted by molar-refractivity contribution is 5.78. The van der Waals surface area contributed by atoms with Gasteiger partial charge in [-0.3, -0.25) is 9.69 Å². The van der Waals surface area contributed by atoms with E-state index >= 15 is 0 Å². The summed E-state index contributed by atoms with van der Waals surface area (Å²) in [6.45, 7) is 8.95. The van der Waals surface area contributed by atoms with Gasteiger partial charge in [-0.2, -0.15) is 0 Å². The summed E-state index contributed by atoms with van der Waals surface area (Å²) in [6.07, 6.45) is -0.274. The van der Waals surface area contributed by atoms with E-state index in [2.05, 4.69) is 16.8 Å². The standard InChI is InChI=1S/C14H26N4O3/c1-3-21-14(20)18-10-8-17(9-11-18)13(19)12-16-6-4-15(2)5-7-16/h3-12H2,1-2H3. The van der Waals surface area contributed by atoms with Gasteiger partial charge in [-0.1, -0.05) is 0 Å². The van der Waals surface area contributed by atoms with Gasteiger partial charge in [0.15, 0.2) is 0 Å². The van der Waals surface area contributed by atoms with Gasteiger partial charge in [0.1, 0.15) is 0 Å². The number of amides is 2. The first-order valence-corrected chi connectivity index (χ1v) is 7.70. The van der Waals surface area contributed by atoms with Gasteiger partial charge in [0.25, 0.3) is 0 Å². The number of carbonyl (C=O) groups is 2. The van der Waals surface area contributed by atoms with Crippen LogP contribution in [0.1, 0.15) is 6.92 Å². The molecular formula is C14H26N4O3. The van der Waals surface area contributed by atoms with Crippen molar-refractivity contribution in [2.45, 2.75) is 6.92 Å². The molecule has 0 aromatic carbocycles. The molecule has 0 unspecified atom stereocenters. The molecule has 2 amide bonds. The van der Waals surface area contributed by atoms with Crippen LogP contribution in [0.15, 0.2) is 0 Å². The molecule has 21 heavy (non-hydrogen) atoms. The molecule has 2 fully saturated rings. The Morgan fingerprint density at radius 3 is 2.05 bits per heavy atom. The van der Waals surface area contributed by atoms with Crippen molar-refractivity contribution in [3.63, 3.8) is 0 Å². The maximum Gasteiger partial charge on any atom is 0.409 e. The van der Waals surface area contributed by atoms with Gasteiger partial charge in [-0.15, -0.1) is 0 Å². The summed E-state index contributed by atoms with van der Waals surface area (Å²) in [5.74, 6) is 0.170. The predicted octanol–water partition coefficient (Wildman–Crippen LogP) is -0.465. The Balaban J connectivity index is 1.71. The van der Waals surface area contributed by atoms with E-state index < -0.39 is 0 Å². The van der Waals surface area contributed by atoms with Crippen LogP contribution in [0.4, 0.5) is 4.79 Å². The van der Waals surface area contributed by atoms with Crippen molar-refractivity contribution in [2.24, 2.45) is 0 Å². The number of carbonyl (C=O) groups excluding carboxylic acids is 2. The normalized spacial score (nSPS) is 21.4. The second kappa shape index (κ2) is 7.61. The predicted molar refractivity (Wildman–Crippen MR) is 79.1 cm³/mol. The molecule has 2 aliphatic heterocycles. The minimum Gasteiger partial charge on any atom is -0.450 e. The van der Waals surface area contributed by atoms with Crippen molar-refractivity contribution >= 4 is 12.0 Å². The van der Waals surface area contributed by atoms with Crippen LogP contribution in [0.3, 0.4) is 0 Å². The van der Waals surface area contributed by atoms with Crippen molar-refractivity contribution in [1.82, 2.24) is 19.6 Å². The summed E-state index contributed by atoms with van der Waals surface area (Å²) in [4.78, 5) is 31.9. The molecule has 0 spiro atoms. The number of ether oxygens (including phenoxy) is 1. The SMILES string of the molecule is CCOC(=O)N1CCN(C(=O)CN2CCN(C)CC2)CC1. The van der Waals surface area contributed by atoms with Crippen LogP contribution in [-0.4, -0.2) is 104 Å². The van der Waals surface area contributed by atoms with E-state index in [1.165, 1.54) is 0 Å². The zero-order valence-corrected chi connectivity index (χ0v) is 13.1. The van der Waals surface area contributed by atoms with Gasteiger partial charge >= 0.3 is 6.09 Å². The molecule has 7 nitrogen and oxygen atoms in total. The first-order chi connectivity index (χ1) is 10.1. The van der Waals surface area contributed by atoms with Crippen LogP contribution < -0.4 is 0 Å². The molecule has 7 heteroatoms. The Labute approximate surface area is 126 Å². The average molecular weight is 298 g/mol. The molecule has 0 radical (unpaired) electrons. The monoisotopic (exact) mass is 298 g/mol. The molecule has 2 saturated heterocycles. The lowest BCUT2D eigenvalue weighted by Gasteiger charge is -2.36. The number of rotatable bonds is 3. The number of likely N-dealkylation sites (N-methyl/N-ethyl adjacent to an activating group) is 1. The zero-order valence-electron chi connectivity index (χ0n) is 13.1. The lowest BCUT2D eigenvalue weighted by atomic mass is 10.3. The molecule has 2 heterocycles. The van der Waals surface area contributed by atoms with Gasteiger partial charge in [0.05, 0.1) is 13.2 Å². The van der Waals surface area contributed by atoms with Gasteiger partial charge in [-0.25, -0.2) is 4.79 Å². The number of hydrogen-bond donors (Lipinski definition) is 0. The summed E-state index contributed by atoms with van der Waals surface area (Å²) >= 11 is 0. The number of nitrogens with zero attached hydrogens (tertiary/aromatic N) is 4. The first-order valence-electron chi connectivity index (χ1n) is 7.70. The minimum absolute atomic E-state index is 0.170. The molecule has 2 aliphatic rings. The highest BCUT2D eigenvalue weighted by atomic mass is 16.6. The highest BCUT2D eigenvalue weighted by Gasteiger charge is 2.26. The fourth-order valence-electron chi connectivity index (χ4n) is 2.65. The smallest absolute Gasteiger partial charge is 0.409 e. The summed E-state index contributed by atoms with van der Waals surface area (Å²) in [7, 11) is 2.10. The zero-order chi connectivity index (χ0) is 15.2. The fraction of sp³-hybridized carbons (Fsp3) is 0.857. The lowest BCUT2D eigenvalue weighted by molar-refractivity contribution is -0.134. The van der Waals surface area contributed by atoms with Gasteiger partial charge < -0.3 is 19.4 Å². The Morgan fingerprint density at radius 1 is 0.905 bits per heavy atom. The van der Waals surface area contributed by atoms with Crippen LogP contribution in [0.25, 0.3) is 0 Å². The minimum atomic E-state index is -0.274. The molecule has 2 rings (SSSR count). The second-order valence-corrected chi connectivity index (χ2v) is 5.65. The summed E-state index contributed by atoms with van der Waals surface area (Å²) in [5, 5.41) is 0. The van der Waals surface area contributed by atoms with Crippen LogP contribution in [0.2, 0.25) is 0 Å². The first kappa shape index (κ1) is 16.0. The van der Waals surface area contributed by atoms with Gasteiger partial charge in [-0.05, 0) is 14.0 Å². The number of hydrogen-bond acceptors (Lipinski definition) is 5. The summed E-state index contributed by atoms with van der Waals surface area (Å²) in [6, 6.07) is 0. The van der Waals surface area contributed by atoms with E-state index in [9.17, 15) is 9.59 Å².